The van der Waals surface area contributed by atoms with Crippen LogP contribution in [0.5, 0.6) is 0 Å². The van der Waals surface area contributed by atoms with Gasteiger partial charge in [-0.2, -0.15) is 0 Å². The number of nitrogens with zero attached hydrogens (tertiary/aromatic N) is 3. The van der Waals surface area contributed by atoms with Gasteiger partial charge in [0.1, 0.15) is 6.10 Å². The average Bonchev–Trinajstić information content (AvgIpc) is 3.59. The van der Waals surface area contributed by atoms with Crippen LogP contribution in [0.2, 0.25) is 0 Å². The molecule has 0 aromatic heterocycles. The average molecular weight is 365 g/mol. The summed E-state index contributed by atoms with van der Waals surface area (Å²) >= 11 is 0. The number of aliphatic imine (C=N–C) groups is 1. The highest BCUT2D eigenvalue weighted by molar-refractivity contribution is 5.80. The molecule has 0 radical (unpaired) electrons. The van der Waals surface area contributed by atoms with Crippen LogP contribution in [-0.4, -0.2) is 86.5 Å². The zero-order valence-corrected chi connectivity index (χ0v) is 16.4. The number of hydrogen-bond acceptors (Lipinski definition) is 4. The second kappa shape index (κ2) is 8.89. The summed E-state index contributed by atoms with van der Waals surface area (Å²) < 4.78 is 11.8. The van der Waals surface area contributed by atoms with E-state index in [1.807, 2.05) is 0 Å². The van der Waals surface area contributed by atoms with E-state index in [9.17, 15) is 0 Å². The van der Waals surface area contributed by atoms with Crippen LogP contribution in [0.1, 0.15) is 45.4 Å². The number of rotatable bonds is 8. The fourth-order valence-corrected chi connectivity index (χ4v) is 4.19. The van der Waals surface area contributed by atoms with Crippen molar-refractivity contribution in [2.45, 2.75) is 63.7 Å². The van der Waals surface area contributed by atoms with Gasteiger partial charge in [-0.05, 0) is 51.4 Å². The van der Waals surface area contributed by atoms with Crippen LogP contribution < -0.4 is 5.32 Å². The second-order valence-electron chi connectivity index (χ2n) is 8.31. The largest absolute Gasteiger partial charge is 0.375 e. The molecule has 6 heteroatoms. The van der Waals surface area contributed by atoms with E-state index in [4.69, 9.17) is 14.5 Å². The summed E-state index contributed by atoms with van der Waals surface area (Å²) in [4.78, 5) is 10.0. The maximum absolute atomic E-state index is 6.00. The Balaban J connectivity index is 1.30. The highest BCUT2D eigenvalue weighted by atomic mass is 16.5. The molecule has 0 amide bonds. The van der Waals surface area contributed by atoms with E-state index >= 15 is 0 Å². The molecule has 2 saturated heterocycles. The molecule has 2 heterocycles. The van der Waals surface area contributed by atoms with Crippen molar-refractivity contribution in [1.82, 2.24) is 15.1 Å². The molecule has 1 N–H and O–H groups in total. The Bertz CT molecular complexity index is 472. The van der Waals surface area contributed by atoms with Gasteiger partial charge in [0.15, 0.2) is 5.96 Å². The zero-order chi connectivity index (χ0) is 17.8. The fraction of sp³-hybridized carbons (Fsp3) is 0.950. The van der Waals surface area contributed by atoms with Gasteiger partial charge in [-0.3, -0.25) is 9.89 Å². The lowest BCUT2D eigenvalue weighted by Crippen LogP contribution is -2.53. The predicted octanol–water partition coefficient (Wildman–Crippen LogP) is 1.71. The van der Waals surface area contributed by atoms with Crippen LogP contribution in [0, 0.1) is 5.92 Å². The number of ether oxygens (including phenoxy) is 2. The van der Waals surface area contributed by atoms with Gasteiger partial charge in [0.2, 0.25) is 0 Å². The Labute approximate surface area is 158 Å². The molecule has 2 aliphatic heterocycles. The molecule has 2 aliphatic carbocycles. The summed E-state index contributed by atoms with van der Waals surface area (Å²) in [6, 6.07) is 0.848. The van der Waals surface area contributed by atoms with Gasteiger partial charge in [-0.1, -0.05) is 0 Å². The Hall–Kier alpha value is -0.850. The van der Waals surface area contributed by atoms with Crippen LogP contribution in [-0.2, 0) is 9.47 Å². The summed E-state index contributed by atoms with van der Waals surface area (Å²) in [7, 11) is 0. The topological polar surface area (TPSA) is 49.3 Å². The molecule has 2 saturated carbocycles. The van der Waals surface area contributed by atoms with E-state index in [2.05, 4.69) is 22.0 Å². The maximum Gasteiger partial charge on any atom is 0.194 e. The Morgan fingerprint density at radius 3 is 2.65 bits per heavy atom. The van der Waals surface area contributed by atoms with Gasteiger partial charge in [0.05, 0.1) is 19.3 Å². The van der Waals surface area contributed by atoms with Gasteiger partial charge >= 0.3 is 0 Å². The van der Waals surface area contributed by atoms with E-state index < -0.39 is 0 Å². The molecular weight excluding hydrogens is 328 g/mol. The molecule has 0 aromatic rings. The van der Waals surface area contributed by atoms with E-state index in [0.29, 0.717) is 0 Å². The molecule has 0 spiro atoms. The molecule has 4 aliphatic rings. The van der Waals surface area contributed by atoms with Crippen LogP contribution >= 0.6 is 0 Å². The number of nitrogens with one attached hydrogen (secondary N) is 1. The first-order chi connectivity index (χ1) is 12.8. The Morgan fingerprint density at radius 2 is 1.96 bits per heavy atom. The molecule has 26 heavy (non-hydrogen) atoms. The molecule has 2 unspecified atom stereocenters. The lowest BCUT2D eigenvalue weighted by atomic mass is 10.1. The van der Waals surface area contributed by atoms with Crippen molar-refractivity contribution in [3.05, 3.63) is 0 Å². The van der Waals surface area contributed by atoms with Crippen LogP contribution in [0.25, 0.3) is 0 Å². The first-order valence-electron chi connectivity index (χ1n) is 10.8. The summed E-state index contributed by atoms with van der Waals surface area (Å²) in [5, 5.41) is 3.50. The third-order valence-electron chi connectivity index (χ3n) is 6.01. The number of hydrogen-bond donors (Lipinski definition) is 1. The molecule has 2 atom stereocenters. The van der Waals surface area contributed by atoms with E-state index in [-0.39, 0.29) is 12.2 Å². The van der Waals surface area contributed by atoms with E-state index in [1.54, 1.807) is 0 Å². The maximum atomic E-state index is 6.00. The van der Waals surface area contributed by atoms with Crippen molar-refractivity contribution in [2.24, 2.45) is 10.9 Å². The quantitative estimate of drug-likeness (QED) is 0.525. The summed E-state index contributed by atoms with van der Waals surface area (Å²) in [6.45, 7) is 9.83. The fourth-order valence-electron chi connectivity index (χ4n) is 4.19. The highest BCUT2D eigenvalue weighted by Crippen LogP contribution is 2.34. The smallest absolute Gasteiger partial charge is 0.194 e. The second-order valence-corrected chi connectivity index (χ2v) is 8.31. The summed E-state index contributed by atoms with van der Waals surface area (Å²) in [5.41, 5.74) is 0. The van der Waals surface area contributed by atoms with Crippen LogP contribution in [0.15, 0.2) is 4.99 Å². The van der Waals surface area contributed by atoms with Crippen molar-refractivity contribution in [3.63, 3.8) is 0 Å². The van der Waals surface area contributed by atoms with Gasteiger partial charge in [0, 0.05) is 45.4 Å². The molecule has 0 bridgehead atoms. The number of morpholine rings is 1. The summed E-state index contributed by atoms with van der Waals surface area (Å²) in [5.74, 6) is 2.03. The third kappa shape index (κ3) is 5.11. The molecule has 0 aromatic carbocycles. The SMILES string of the molecule is CCNC(=NCCN(CC1CC1)C1CC1)N1CCOC(C2CCCO2)C1. The normalized spacial score (nSPS) is 30.2. The molecule has 148 valence electrons. The molecule has 4 fully saturated rings. The van der Waals surface area contributed by atoms with Crippen molar-refractivity contribution >= 4 is 5.96 Å². The summed E-state index contributed by atoms with van der Waals surface area (Å²) in [6.07, 6.45) is 8.41. The lowest BCUT2D eigenvalue weighted by molar-refractivity contribution is -0.0817. The van der Waals surface area contributed by atoms with E-state index in [1.165, 1.54) is 32.2 Å². The highest BCUT2D eigenvalue weighted by Gasteiger charge is 2.34. The molecular formula is C20H36N4O2. The Kier molecular flexibility index (Phi) is 6.33. The van der Waals surface area contributed by atoms with Crippen LogP contribution in [0.3, 0.4) is 0 Å². The van der Waals surface area contributed by atoms with Crippen LogP contribution in [0.4, 0.5) is 0 Å². The number of guanidine groups is 1. The van der Waals surface area contributed by atoms with Crippen molar-refractivity contribution in [3.8, 4) is 0 Å². The van der Waals surface area contributed by atoms with Gasteiger partial charge in [-0.25, -0.2) is 0 Å². The van der Waals surface area contributed by atoms with Crippen molar-refractivity contribution in [1.29, 1.82) is 0 Å². The first-order valence-corrected chi connectivity index (χ1v) is 10.8. The minimum Gasteiger partial charge on any atom is -0.375 e. The van der Waals surface area contributed by atoms with Crippen molar-refractivity contribution in [2.75, 3.05) is 52.5 Å². The third-order valence-corrected chi connectivity index (χ3v) is 6.01. The van der Waals surface area contributed by atoms with E-state index in [0.717, 1.165) is 76.7 Å². The Morgan fingerprint density at radius 1 is 1.12 bits per heavy atom. The van der Waals surface area contributed by atoms with Gasteiger partial charge in [0.25, 0.3) is 0 Å². The predicted molar refractivity (Wildman–Crippen MR) is 104 cm³/mol. The van der Waals surface area contributed by atoms with Gasteiger partial charge in [-0.15, -0.1) is 0 Å². The lowest BCUT2D eigenvalue weighted by Gasteiger charge is -2.37. The minimum atomic E-state index is 0.188. The van der Waals surface area contributed by atoms with Gasteiger partial charge < -0.3 is 19.7 Å². The van der Waals surface area contributed by atoms with Crippen molar-refractivity contribution < 1.29 is 9.47 Å². The molecule has 4 rings (SSSR count). The standard InChI is InChI=1S/C20H36N4O2/c1-2-21-20(22-9-10-23(17-7-8-17)14-16-5-6-16)24-11-13-26-19(15-24)18-4-3-12-25-18/h16-19H,2-15H2,1H3,(H,21,22). The molecule has 6 nitrogen and oxygen atoms in total. The zero-order valence-electron chi connectivity index (χ0n) is 16.4. The monoisotopic (exact) mass is 364 g/mol. The first kappa shape index (κ1) is 18.5. The minimum absolute atomic E-state index is 0.188.